The van der Waals surface area contributed by atoms with Crippen LogP contribution in [0.4, 0.5) is 5.69 Å². The van der Waals surface area contributed by atoms with Crippen molar-refractivity contribution in [2.75, 3.05) is 12.3 Å². The molecule has 1 aromatic rings. The van der Waals surface area contributed by atoms with Crippen molar-refractivity contribution < 1.29 is 4.74 Å². The second-order valence-electron chi connectivity index (χ2n) is 6.90. The summed E-state index contributed by atoms with van der Waals surface area (Å²) in [7, 11) is 0. The Morgan fingerprint density at radius 3 is 2.85 bits per heavy atom. The van der Waals surface area contributed by atoms with E-state index in [2.05, 4.69) is 20.8 Å². The van der Waals surface area contributed by atoms with Gasteiger partial charge in [-0.3, -0.25) is 4.79 Å². The maximum absolute atomic E-state index is 11.7. The van der Waals surface area contributed by atoms with Crippen molar-refractivity contribution in [2.24, 2.45) is 11.3 Å². The number of ether oxygens (including phenoxy) is 1. The third-order valence-electron chi connectivity index (χ3n) is 4.04. The van der Waals surface area contributed by atoms with Crippen molar-refractivity contribution in [1.29, 1.82) is 0 Å². The normalized spacial score (nSPS) is 25.6. The van der Waals surface area contributed by atoms with Crippen LogP contribution in [0.2, 0.25) is 0 Å². The number of pyridine rings is 1. The molecule has 4 heteroatoms. The van der Waals surface area contributed by atoms with Gasteiger partial charge in [0.05, 0.1) is 12.7 Å². The second-order valence-corrected chi connectivity index (χ2v) is 6.90. The Morgan fingerprint density at radius 1 is 1.40 bits per heavy atom. The zero-order valence-electron chi connectivity index (χ0n) is 12.8. The molecule has 20 heavy (non-hydrogen) atoms. The van der Waals surface area contributed by atoms with Crippen LogP contribution in [-0.4, -0.2) is 17.3 Å². The van der Waals surface area contributed by atoms with Crippen LogP contribution < -0.4 is 11.3 Å². The summed E-state index contributed by atoms with van der Waals surface area (Å²) in [6.07, 6.45) is 5.48. The molecule has 2 atom stereocenters. The molecule has 1 aliphatic carbocycles. The zero-order chi connectivity index (χ0) is 14.8. The molecule has 4 nitrogen and oxygen atoms in total. The van der Waals surface area contributed by atoms with Crippen molar-refractivity contribution in [3.05, 3.63) is 28.7 Å². The Hall–Kier alpha value is -1.29. The molecule has 0 aliphatic heterocycles. The quantitative estimate of drug-likeness (QED) is 0.921. The van der Waals surface area contributed by atoms with Gasteiger partial charge in [-0.05, 0) is 36.7 Å². The van der Waals surface area contributed by atoms with E-state index in [-0.39, 0.29) is 5.56 Å². The van der Waals surface area contributed by atoms with Crippen LogP contribution in [0.25, 0.3) is 0 Å². The largest absolute Gasteiger partial charge is 0.398 e. The summed E-state index contributed by atoms with van der Waals surface area (Å²) in [6.45, 7) is 8.04. The Morgan fingerprint density at radius 2 is 2.15 bits per heavy atom. The average molecular weight is 278 g/mol. The van der Waals surface area contributed by atoms with Crippen LogP contribution in [0, 0.1) is 11.3 Å². The fourth-order valence-electron chi connectivity index (χ4n) is 3.43. The standard InChI is InChI=1S/C16H26N2O2/c1-12-8-14(10-16(2,3)9-12)20-7-6-18-11-13(17)4-5-15(18)19/h4-5,11-12,14H,6-10,17H2,1-3H3. The minimum absolute atomic E-state index is 0.0276. The van der Waals surface area contributed by atoms with Crippen molar-refractivity contribution in [1.82, 2.24) is 4.57 Å². The fourth-order valence-corrected chi connectivity index (χ4v) is 3.43. The van der Waals surface area contributed by atoms with Crippen LogP contribution in [0.5, 0.6) is 0 Å². The van der Waals surface area contributed by atoms with Crippen molar-refractivity contribution in [3.8, 4) is 0 Å². The van der Waals surface area contributed by atoms with E-state index in [0.29, 0.717) is 36.3 Å². The maximum atomic E-state index is 11.7. The van der Waals surface area contributed by atoms with E-state index in [9.17, 15) is 4.79 Å². The highest BCUT2D eigenvalue weighted by atomic mass is 16.5. The van der Waals surface area contributed by atoms with Gasteiger partial charge in [0.15, 0.2) is 0 Å². The monoisotopic (exact) mass is 278 g/mol. The number of nitrogen functional groups attached to an aromatic ring is 1. The molecule has 1 saturated carbocycles. The van der Waals surface area contributed by atoms with Gasteiger partial charge in [0.25, 0.3) is 5.56 Å². The fraction of sp³-hybridized carbons (Fsp3) is 0.688. The molecule has 0 amide bonds. The predicted octanol–water partition coefficient (Wildman–Crippen LogP) is 2.66. The van der Waals surface area contributed by atoms with Crippen molar-refractivity contribution in [2.45, 2.75) is 52.7 Å². The van der Waals surface area contributed by atoms with Crippen molar-refractivity contribution in [3.63, 3.8) is 0 Å². The molecule has 1 fully saturated rings. The van der Waals surface area contributed by atoms with E-state index in [1.54, 1.807) is 16.8 Å². The van der Waals surface area contributed by atoms with E-state index in [0.717, 1.165) is 12.8 Å². The molecular weight excluding hydrogens is 252 g/mol. The topological polar surface area (TPSA) is 57.2 Å². The van der Waals surface area contributed by atoms with E-state index >= 15 is 0 Å². The zero-order valence-corrected chi connectivity index (χ0v) is 12.8. The van der Waals surface area contributed by atoms with Crippen LogP contribution in [0.1, 0.15) is 40.0 Å². The van der Waals surface area contributed by atoms with Crippen LogP contribution in [-0.2, 0) is 11.3 Å². The molecule has 0 bridgehead atoms. The number of anilines is 1. The molecule has 1 heterocycles. The van der Waals surface area contributed by atoms with Gasteiger partial charge in [-0.25, -0.2) is 0 Å². The summed E-state index contributed by atoms with van der Waals surface area (Å²) < 4.78 is 7.61. The number of nitrogens with two attached hydrogens (primary N) is 1. The molecule has 2 unspecified atom stereocenters. The first-order valence-corrected chi connectivity index (χ1v) is 7.43. The van der Waals surface area contributed by atoms with E-state index in [1.807, 2.05) is 0 Å². The van der Waals surface area contributed by atoms with Gasteiger partial charge in [-0.2, -0.15) is 0 Å². The lowest BCUT2D eigenvalue weighted by molar-refractivity contribution is -0.0256. The Kier molecular flexibility index (Phi) is 4.53. The molecular formula is C16H26N2O2. The number of hydrogen-bond donors (Lipinski definition) is 1. The average Bonchev–Trinajstić information content (AvgIpc) is 2.31. The number of rotatable bonds is 4. The SMILES string of the molecule is CC1CC(OCCn2cc(N)ccc2=O)CC(C)(C)C1. The van der Waals surface area contributed by atoms with Gasteiger partial charge < -0.3 is 15.0 Å². The van der Waals surface area contributed by atoms with Crippen LogP contribution >= 0.6 is 0 Å². The molecule has 2 rings (SSSR count). The first-order chi connectivity index (χ1) is 9.35. The summed E-state index contributed by atoms with van der Waals surface area (Å²) in [5.41, 5.74) is 6.63. The Labute approximate surface area is 120 Å². The first kappa shape index (κ1) is 15.1. The highest BCUT2D eigenvalue weighted by Crippen LogP contribution is 2.39. The lowest BCUT2D eigenvalue weighted by atomic mass is 9.71. The lowest BCUT2D eigenvalue weighted by Crippen LogP contribution is -2.33. The minimum Gasteiger partial charge on any atom is -0.398 e. The van der Waals surface area contributed by atoms with E-state index in [4.69, 9.17) is 10.5 Å². The van der Waals surface area contributed by atoms with Gasteiger partial charge in [-0.1, -0.05) is 20.8 Å². The minimum atomic E-state index is -0.0276. The van der Waals surface area contributed by atoms with Gasteiger partial charge in [0.2, 0.25) is 0 Å². The van der Waals surface area contributed by atoms with Gasteiger partial charge in [-0.15, -0.1) is 0 Å². The first-order valence-electron chi connectivity index (χ1n) is 7.43. The van der Waals surface area contributed by atoms with E-state index in [1.165, 1.54) is 12.5 Å². The number of hydrogen-bond acceptors (Lipinski definition) is 3. The summed E-state index contributed by atoms with van der Waals surface area (Å²) in [4.78, 5) is 11.7. The second kappa shape index (κ2) is 6.00. The summed E-state index contributed by atoms with van der Waals surface area (Å²) in [5.74, 6) is 0.707. The smallest absolute Gasteiger partial charge is 0.250 e. The molecule has 0 spiro atoms. The van der Waals surface area contributed by atoms with Crippen LogP contribution in [0.3, 0.4) is 0 Å². The molecule has 1 aliphatic rings. The van der Waals surface area contributed by atoms with Crippen LogP contribution in [0.15, 0.2) is 23.1 Å². The molecule has 2 N–H and O–H groups in total. The highest BCUT2D eigenvalue weighted by Gasteiger charge is 2.32. The number of aromatic nitrogens is 1. The number of nitrogens with zero attached hydrogens (tertiary/aromatic N) is 1. The maximum Gasteiger partial charge on any atom is 0.250 e. The van der Waals surface area contributed by atoms with E-state index < -0.39 is 0 Å². The Bertz CT molecular complexity index is 507. The summed E-state index contributed by atoms with van der Waals surface area (Å²) in [5, 5.41) is 0. The summed E-state index contributed by atoms with van der Waals surface area (Å²) in [6, 6.07) is 3.13. The van der Waals surface area contributed by atoms with Gasteiger partial charge in [0.1, 0.15) is 0 Å². The molecule has 112 valence electrons. The summed E-state index contributed by atoms with van der Waals surface area (Å²) >= 11 is 0. The molecule has 0 radical (unpaired) electrons. The predicted molar refractivity (Wildman–Crippen MR) is 81.7 cm³/mol. The Balaban J connectivity index is 1.86. The highest BCUT2D eigenvalue weighted by molar-refractivity contribution is 5.33. The third-order valence-corrected chi connectivity index (χ3v) is 4.04. The molecule has 0 saturated heterocycles. The van der Waals surface area contributed by atoms with Gasteiger partial charge in [0, 0.05) is 24.5 Å². The molecule has 1 aromatic heterocycles. The molecule has 0 aromatic carbocycles. The van der Waals surface area contributed by atoms with Crippen molar-refractivity contribution >= 4 is 5.69 Å². The van der Waals surface area contributed by atoms with Gasteiger partial charge >= 0.3 is 0 Å². The third kappa shape index (κ3) is 4.10. The lowest BCUT2D eigenvalue weighted by Gasteiger charge is -2.38.